The first-order valence-corrected chi connectivity index (χ1v) is 9.17. The number of pyridine rings is 1. The van der Waals surface area contributed by atoms with Crippen LogP contribution in [0.25, 0.3) is 22.0 Å². The van der Waals surface area contributed by atoms with Gasteiger partial charge in [0.15, 0.2) is 0 Å². The Morgan fingerprint density at radius 2 is 1.52 bits per heavy atom. The minimum atomic E-state index is 0.0295. The van der Waals surface area contributed by atoms with Gasteiger partial charge in [0.1, 0.15) is 0 Å². The highest BCUT2D eigenvalue weighted by Crippen LogP contribution is 2.55. The molecule has 0 amide bonds. The van der Waals surface area contributed by atoms with Gasteiger partial charge in [-0.3, -0.25) is 4.98 Å². The van der Waals surface area contributed by atoms with E-state index in [1.165, 1.54) is 44.2 Å². The number of rotatable bonds is 0. The number of hydrogen-bond donors (Lipinski definition) is 0. The molecule has 4 rings (SSSR count). The number of hydrogen-bond acceptors (Lipinski definition) is 1. The molecule has 1 aliphatic carbocycles. The molecular formula is C24H27N. The van der Waals surface area contributed by atoms with Gasteiger partial charge in [0, 0.05) is 17.2 Å². The molecule has 1 aromatic heterocycles. The fraction of sp³-hybridized carbons (Fsp3) is 0.375. The first kappa shape index (κ1) is 16.3. The van der Waals surface area contributed by atoms with Gasteiger partial charge in [-0.2, -0.15) is 0 Å². The van der Waals surface area contributed by atoms with E-state index in [-0.39, 0.29) is 10.8 Å². The number of nitrogens with zero attached hydrogens (tertiary/aromatic N) is 1. The second-order valence-corrected chi connectivity index (χ2v) is 8.73. The molecule has 0 saturated carbocycles. The molecule has 0 atom stereocenters. The summed E-state index contributed by atoms with van der Waals surface area (Å²) < 4.78 is 0. The summed E-state index contributed by atoms with van der Waals surface area (Å²) >= 11 is 0. The molecule has 0 unspecified atom stereocenters. The normalized spacial score (nSPS) is 17.2. The van der Waals surface area contributed by atoms with Crippen LogP contribution in [0.1, 0.15) is 55.5 Å². The molecule has 128 valence electrons. The van der Waals surface area contributed by atoms with Crippen molar-refractivity contribution < 1.29 is 0 Å². The smallest absolute Gasteiger partial charge is 0.0742 e. The molecular weight excluding hydrogens is 302 g/mol. The molecule has 1 heterocycles. The molecule has 0 N–H and O–H groups in total. The molecule has 0 spiro atoms. The van der Waals surface area contributed by atoms with Gasteiger partial charge in [0.2, 0.25) is 0 Å². The molecule has 0 saturated heterocycles. The lowest BCUT2D eigenvalue weighted by atomic mass is 9.55. The molecule has 0 aliphatic heterocycles. The molecule has 1 aliphatic rings. The minimum Gasteiger partial charge on any atom is -0.256 e. The SMILES string of the molecule is Cc1cc2cc3c(c(C)c2cc1C)C(C)(C)C(C)(C)c1cccnc1-3. The second-order valence-electron chi connectivity index (χ2n) is 8.73. The van der Waals surface area contributed by atoms with Gasteiger partial charge in [-0.1, -0.05) is 45.9 Å². The van der Waals surface area contributed by atoms with Crippen molar-refractivity contribution in [2.24, 2.45) is 0 Å². The largest absolute Gasteiger partial charge is 0.256 e. The van der Waals surface area contributed by atoms with E-state index in [1.54, 1.807) is 0 Å². The topological polar surface area (TPSA) is 12.9 Å². The maximum Gasteiger partial charge on any atom is 0.0742 e. The summed E-state index contributed by atoms with van der Waals surface area (Å²) in [6.45, 7) is 16.2. The summed E-state index contributed by atoms with van der Waals surface area (Å²) in [7, 11) is 0. The first-order chi connectivity index (χ1) is 11.7. The summed E-state index contributed by atoms with van der Waals surface area (Å²) in [5.41, 5.74) is 9.47. The zero-order chi connectivity index (χ0) is 18.1. The molecule has 25 heavy (non-hydrogen) atoms. The summed E-state index contributed by atoms with van der Waals surface area (Å²) in [5.74, 6) is 0. The third-order valence-electron chi connectivity index (χ3n) is 6.94. The standard InChI is InChI=1S/C24H27N/c1-14-11-17-13-19-21(16(3)18(17)12-15(14)2)24(6,7)23(4,5)20-9-8-10-25-22(19)20/h8-13H,1-7H3. The number of aryl methyl sites for hydroxylation is 3. The molecule has 1 nitrogen and oxygen atoms in total. The fourth-order valence-electron chi connectivity index (χ4n) is 4.61. The summed E-state index contributed by atoms with van der Waals surface area (Å²) in [6.07, 6.45) is 1.93. The van der Waals surface area contributed by atoms with Gasteiger partial charge >= 0.3 is 0 Å². The lowest BCUT2D eigenvalue weighted by Gasteiger charge is -2.48. The molecule has 0 fully saturated rings. The second kappa shape index (κ2) is 4.94. The predicted molar refractivity (Wildman–Crippen MR) is 107 cm³/mol. The van der Waals surface area contributed by atoms with Crippen molar-refractivity contribution in [1.82, 2.24) is 4.98 Å². The Labute approximate surface area is 151 Å². The Balaban J connectivity index is 2.21. The minimum absolute atomic E-state index is 0.0295. The van der Waals surface area contributed by atoms with Crippen molar-refractivity contribution in [1.29, 1.82) is 0 Å². The van der Waals surface area contributed by atoms with Crippen LogP contribution >= 0.6 is 0 Å². The summed E-state index contributed by atoms with van der Waals surface area (Å²) in [6, 6.07) is 11.4. The Kier molecular flexibility index (Phi) is 3.23. The lowest BCUT2D eigenvalue weighted by molar-refractivity contribution is 0.297. The van der Waals surface area contributed by atoms with Crippen molar-refractivity contribution in [2.75, 3.05) is 0 Å². The highest BCUT2D eigenvalue weighted by atomic mass is 14.7. The van der Waals surface area contributed by atoms with E-state index < -0.39 is 0 Å². The van der Waals surface area contributed by atoms with Crippen LogP contribution < -0.4 is 0 Å². The van der Waals surface area contributed by atoms with E-state index in [4.69, 9.17) is 4.98 Å². The van der Waals surface area contributed by atoms with E-state index in [9.17, 15) is 0 Å². The van der Waals surface area contributed by atoms with Crippen LogP contribution in [0.2, 0.25) is 0 Å². The van der Waals surface area contributed by atoms with Crippen molar-refractivity contribution in [3.8, 4) is 11.3 Å². The predicted octanol–water partition coefficient (Wildman–Crippen LogP) is 6.40. The number of aromatic nitrogens is 1. The molecule has 1 heteroatoms. The van der Waals surface area contributed by atoms with Crippen LogP contribution in [0.15, 0.2) is 36.5 Å². The van der Waals surface area contributed by atoms with E-state index in [2.05, 4.69) is 78.8 Å². The van der Waals surface area contributed by atoms with Gasteiger partial charge < -0.3 is 0 Å². The van der Waals surface area contributed by atoms with Crippen LogP contribution in [0.4, 0.5) is 0 Å². The maximum atomic E-state index is 4.81. The number of benzene rings is 2. The van der Waals surface area contributed by atoms with Crippen LogP contribution in [0, 0.1) is 20.8 Å². The average molecular weight is 329 g/mol. The van der Waals surface area contributed by atoms with Crippen molar-refractivity contribution in [3.63, 3.8) is 0 Å². The first-order valence-electron chi connectivity index (χ1n) is 9.17. The number of fused-ring (bicyclic) bond motifs is 4. The summed E-state index contributed by atoms with van der Waals surface area (Å²) in [5, 5.41) is 2.71. The van der Waals surface area contributed by atoms with Gasteiger partial charge in [-0.25, -0.2) is 0 Å². The zero-order valence-electron chi connectivity index (χ0n) is 16.4. The summed E-state index contributed by atoms with van der Waals surface area (Å²) in [4.78, 5) is 4.81. The molecule has 0 bridgehead atoms. The van der Waals surface area contributed by atoms with E-state index in [0.717, 1.165) is 5.69 Å². The highest BCUT2D eigenvalue weighted by molar-refractivity contribution is 5.95. The molecule has 3 aromatic rings. The quantitative estimate of drug-likeness (QED) is 0.465. The zero-order valence-corrected chi connectivity index (χ0v) is 16.4. The van der Waals surface area contributed by atoms with Crippen molar-refractivity contribution >= 4 is 10.8 Å². The monoisotopic (exact) mass is 329 g/mol. The van der Waals surface area contributed by atoms with Crippen molar-refractivity contribution in [3.05, 3.63) is 64.3 Å². The lowest BCUT2D eigenvalue weighted by Crippen LogP contribution is -2.44. The van der Waals surface area contributed by atoms with Gasteiger partial charge in [0.05, 0.1) is 5.69 Å². The van der Waals surface area contributed by atoms with E-state index in [1.807, 2.05) is 6.20 Å². The van der Waals surface area contributed by atoms with E-state index >= 15 is 0 Å². The molecule has 2 aromatic carbocycles. The van der Waals surface area contributed by atoms with Crippen molar-refractivity contribution in [2.45, 2.75) is 59.3 Å². The Morgan fingerprint density at radius 3 is 2.24 bits per heavy atom. The van der Waals surface area contributed by atoms with Gasteiger partial charge in [-0.15, -0.1) is 0 Å². The van der Waals surface area contributed by atoms with Gasteiger partial charge in [-0.05, 0) is 76.9 Å². The van der Waals surface area contributed by atoms with Gasteiger partial charge in [0.25, 0.3) is 0 Å². The Hall–Kier alpha value is -2.15. The van der Waals surface area contributed by atoms with Crippen LogP contribution in [-0.4, -0.2) is 4.98 Å². The molecule has 0 radical (unpaired) electrons. The van der Waals surface area contributed by atoms with Crippen LogP contribution in [0.5, 0.6) is 0 Å². The Morgan fingerprint density at radius 1 is 0.840 bits per heavy atom. The van der Waals surface area contributed by atoms with E-state index in [0.29, 0.717) is 0 Å². The highest BCUT2D eigenvalue weighted by Gasteiger charge is 2.47. The third-order valence-corrected chi connectivity index (χ3v) is 6.94. The fourth-order valence-corrected chi connectivity index (χ4v) is 4.61. The Bertz CT molecular complexity index is 1020. The average Bonchev–Trinajstić information content (AvgIpc) is 2.55. The van der Waals surface area contributed by atoms with Crippen LogP contribution in [-0.2, 0) is 10.8 Å². The van der Waals surface area contributed by atoms with Crippen LogP contribution in [0.3, 0.4) is 0 Å². The third kappa shape index (κ3) is 1.99. The maximum absolute atomic E-state index is 4.81.